The Hall–Kier alpha value is -4.89. The lowest BCUT2D eigenvalue weighted by Gasteiger charge is -2.44. The molecule has 13 heteroatoms. The Kier molecular flexibility index (Phi) is 15.4. The van der Waals surface area contributed by atoms with Crippen LogP contribution < -0.4 is 9.64 Å². The number of carboxylic acid groups (broad SMARTS) is 1. The molecule has 0 saturated heterocycles. The number of carbonyl (C=O) groups is 1. The van der Waals surface area contributed by atoms with E-state index in [1.165, 1.54) is 17.7 Å². The lowest BCUT2D eigenvalue weighted by Crippen LogP contribution is -2.46. The molecule has 0 atom stereocenters. The van der Waals surface area contributed by atoms with Crippen LogP contribution in [0.25, 0.3) is 16.9 Å². The summed E-state index contributed by atoms with van der Waals surface area (Å²) in [5.74, 6) is 0.631. The van der Waals surface area contributed by atoms with Crippen LogP contribution in [0, 0.1) is 0 Å². The SMILES string of the molecule is COCCOCCOCCOCCN1c2cc3c(cc2C(C)=CC1(C)C)/C(=C/C=C/C1=[N+](CCCCCC(=O)O)c2ccc(S(=O)(=O)[O-])cc2C1(C)C)C=C(c1ccccc1)O3. The highest BCUT2D eigenvalue weighted by molar-refractivity contribution is 7.85. The number of hydrogen-bond acceptors (Lipinski definition) is 10. The summed E-state index contributed by atoms with van der Waals surface area (Å²) in [7, 11) is -3.02. The molecule has 62 heavy (non-hydrogen) atoms. The predicted molar refractivity (Wildman–Crippen MR) is 241 cm³/mol. The van der Waals surface area contributed by atoms with Crippen molar-refractivity contribution in [1.82, 2.24) is 0 Å². The number of carboxylic acids is 1. The fourth-order valence-corrected chi connectivity index (χ4v) is 8.93. The van der Waals surface area contributed by atoms with Gasteiger partial charge in [0.2, 0.25) is 5.69 Å². The van der Waals surface area contributed by atoms with E-state index >= 15 is 0 Å². The molecule has 6 rings (SSSR count). The molecule has 0 spiro atoms. The molecule has 0 amide bonds. The summed E-state index contributed by atoms with van der Waals surface area (Å²) >= 11 is 0. The van der Waals surface area contributed by atoms with Crippen LogP contribution in [0.4, 0.5) is 11.4 Å². The molecule has 3 heterocycles. The Morgan fingerprint density at radius 2 is 1.58 bits per heavy atom. The van der Waals surface area contributed by atoms with Crippen LogP contribution in [0.5, 0.6) is 5.75 Å². The zero-order chi connectivity index (χ0) is 44.5. The van der Waals surface area contributed by atoms with Gasteiger partial charge in [-0.25, -0.2) is 8.42 Å². The number of allylic oxidation sites excluding steroid dienone is 6. The predicted octanol–water partition coefficient (Wildman–Crippen LogP) is 8.38. The number of methoxy groups -OCH3 is 1. The van der Waals surface area contributed by atoms with Crippen LogP contribution in [-0.4, -0.2) is 106 Å². The van der Waals surface area contributed by atoms with E-state index in [1.807, 2.05) is 50.3 Å². The van der Waals surface area contributed by atoms with Crippen molar-refractivity contribution in [2.75, 3.05) is 71.3 Å². The molecule has 0 bridgehead atoms. The molecule has 0 saturated carbocycles. The molecule has 3 aromatic carbocycles. The summed E-state index contributed by atoms with van der Waals surface area (Å²) < 4.78 is 67.3. The van der Waals surface area contributed by atoms with Crippen molar-refractivity contribution in [2.24, 2.45) is 0 Å². The first-order valence-corrected chi connectivity index (χ1v) is 22.7. The first-order valence-electron chi connectivity index (χ1n) is 21.3. The van der Waals surface area contributed by atoms with Crippen molar-refractivity contribution in [2.45, 2.75) is 76.2 Å². The summed E-state index contributed by atoms with van der Waals surface area (Å²) in [6, 6.07) is 18.9. The van der Waals surface area contributed by atoms with Crippen LogP contribution in [-0.2, 0) is 39.3 Å². The van der Waals surface area contributed by atoms with E-state index in [1.54, 1.807) is 13.2 Å². The number of benzene rings is 3. The number of aliphatic carboxylic acids is 1. The molecule has 12 nitrogen and oxygen atoms in total. The Labute approximate surface area is 366 Å². The van der Waals surface area contributed by atoms with Crippen molar-refractivity contribution in [1.29, 1.82) is 0 Å². The Morgan fingerprint density at radius 3 is 2.26 bits per heavy atom. The zero-order valence-electron chi connectivity index (χ0n) is 36.8. The summed E-state index contributed by atoms with van der Waals surface area (Å²) in [4.78, 5) is 13.3. The third-order valence-electron chi connectivity index (χ3n) is 11.5. The van der Waals surface area contributed by atoms with Crippen molar-refractivity contribution in [3.63, 3.8) is 0 Å². The highest BCUT2D eigenvalue weighted by Crippen LogP contribution is 2.47. The number of ether oxygens (including phenoxy) is 5. The van der Waals surface area contributed by atoms with E-state index < -0.39 is 21.5 Å². The van der Waals surface area contributed by atoms with Gasteiger partial charge in [0, 0.05) is 72.6 Å². The second kappa shape index (κ2) is 20.5. The molecule has 1 N–H and O–H groups in total. The number of nitrogens with zero attached hydrogens (tertiary/aromatic N) is 2. The van der Waals surface area contributed by atoms with Crippen LogP contribution in [0.1, 0.15) is 82.6 Å². The smallest absolute Gasteiger partial charge is 0.303 e. The minimum absolute atomic E-state index is 0.104. The number of anilines is 1. The molecule has 0 fully saturated rings. The van der Waals surface area contributed by atoms with Crippen LogP contribution in [0.3, 0.4) is 0 Å². The van der Waals surface area contributed by atoms with Crippen LogP contribution in [0.2, 0.25) is 0 Å². The van der Waals surface area contributed by atoms with E-state index in [0.717, 1.165) is 69.3 Å². The van der Waals surface area contributed by atoms with Crippen molar-refractivity contribution >= 4 is 50.1 Å². The second-order valence-corrected chi connectivity index (χ2v) is 18.2. The molecule has 3 aromatic rings. The van der Waals surface area contributed by atoms with Gasteiger partial charge in [-0.05, 0) is 82.9 Å². The van der Waals surface area contributed by atoms with Crippen LogP contribution in [0.15, 0.2) is 95.9 Å². The number of fused-ring (bicyclic) bond motifs is 3. The fourth-order valence-electron chi connectivity index (χ4n) is 8.43. The van der Waals surface area contributed by atoms with Gasteiger partial charge in [-0.15, -0.1) is 0 Å². The summed E-state index contributed by atoms with van der Waals surface area (Å²) in [6.07, 6.45) is 12.6. The third-order valence-corrected chi connectivity index (χ3v) is 12.4. The van der Waals surface area contributed by atoms with E-state index in [2.05, 4.69) is 66.7 Å². The van der Waals surface area contributed by atoms with Gasteiger partial charge in [-0.2, -0.15) is 4.58 Å². The van der Waals surface area contributed by atoms with Gasteiger partial charge >= 0.3 is 5.97 Å². The molecule has 3 aliphatic heterocycles. The highest BCUT2D eigenvalue weighted by Gasteiger charge is 2.44. The van der Waals surface area contributed by atoms with Crippen molar-refractivity contribution in [3.8, 4) is 5.75 Å². The maximum Gasteiger partial charge on any atom is 0.303 e. The largest absolute Gasteiger partial charge is 0.744 e. The summed E-state index contributed by atoms with van der Waals surface area (Å²) in [5, 5.41) is 9.16. The summed E-state index contributed by atoms with van der Waals surface area (Å²) in [5.41, 5.74) is 7.75. The lowest BCUT2D eigenvalue weighted by molar-refractivity contribution is -0.438. The lowest BCUT2D eigenvalue weighted by atomic mass is 9.81. The first-order chi connectivity index (χ1) is 29.6. The Morgan fingerprint density at radius 1 is 0.887 bits per heavy atom. The number of rotatable bonds is 22. The average molecular weight is 869 g/mol. The van der Waals surface area contributed by atoms with Gasteiger partial charge in [0.15, 0.2) is 5.71 Å². The quantitative estimate of drug-likeness (QED) is 0.0590. The van der Waals surface area contributed by atoms with Gasteiger partial charge in [0.1, 0.15) is 28.2 Å². The molecule has 0 radical (unpaired) electrons. The van der Waals surface area contributed by atoms with Gasteiger partial charge in [0.25, 0.3) is 0 Å². The molecular weight excluding hydrogens is 809 g/mol. The van der Waals surface area contributed by atoms with E-state index in [-0.39, 0.29) is 16.9 Å². The van der Waals surface area contributed by atoms with Gasteiger partial charge in [-0.1, -0.05) is 48.6 Å². The van der Waals surface area contributed by atoms with Gasteiger partial charge in [0.05, 0.1) is 62.1 Å². The fraction of sp³-hybridized carbons (Fsp3) is 0.429. The molecule has 0 aliphatic carbocycles. The normalized spacial score (nSPS) is 17.1. The molecule has 0 aromatic heterocycles. The Bertz CT molecular complexity index is 2360. The van der Waals surface area contributed by atoms with E-state index in [9.17, 15) is 17.8 Å². The van der Waals surface area contributed by atoms with Gasteiger partial charge in [-0.3, -0.25) is 4.79 Å². The monoisotopic (exact) mass is 868 g/mol. The van der Waals surface area contributed by atoms with E-state index in [4.69, 9.17) is 28.8 Å². The molecule has 332 valence electrons. The minimum Gasteiger partial charge on any atom is -0.744 e. The second-order valence-electron chi connectivity index (χ2n) is 16.8. The van der Waals surface area contributed by atoms with E-state index in [0.29, 0.717) is 65.8 Å². The number of hydrogen-bond donors (Lipinski definition) is 1. The van der Waals surface area contributed by atoms with Crippen LogP contribution >= 0.6 is 0 Å². The zero-order valence-corrected chi connectivity index (χ0v) is 37.6. The van der Waals surface area contributed by atoms with Gasteiger partial charge < -0.3 is 38.2 Å². The standard InChI is InChI=1S/C49H60N2O10S/c1-35-34-48(2,3)51(22-23-58-26-27-60-29-28-59-25-24-57-6)43-33-45-40(32-39(35)43)37(30-44(61-45)36-14-9-7-10-15-36)16-13-17-46-49(4,5)41-31-38(62(54,55)56)19-20-42(41)50(46)21-12-8-11-18-47(52)53/h7,9-10,13-17,19-20,30-34H,8,11-12,18,21-29H2,1-6H3,(H-,52,53,54,55,56). The first kappa shape index (κ1) is 46.6. The van der Waals surface area contributed by atoms with Crippen molar-refractivity contribution in [3.05, 3.63) is 113 Å². The maximum absolute atomic E-state index is 12.1. The third kappa shape index (κ3) is 11.2. The highest BCUT2D eigenvalue weighted by atomic mass is 32.2. The minimum atomic E-state index is -4.67. The maximum atomic E-state index is 12.1. The summed E-state index contributed by atoms with van der Waals surface area (Å²) in [6.45, 7) is 15.4. The molecular formula is C49H60N2O10S. The molecule has 0 unspecified atom stereocenters. The average Bonchev–Trinajstić information content (AvgIpc) is 3.43. The Balaban J connectivity index is 1.30. The molecule has 3 aliphatic rings. The van der Waals surface area contributed by atoms with Crippen molar-refractivity contribution < 1.29 is 51.1 Å². The topological polar surface area (TPSA) is 147 Å². The number of unbranched alkanes of at least 4 members (excludes halogenated alkanes) is 2.